The summed E-state index contributed by atoms with van der Waals surface area (Å²) < 4.78 is 0. The average molecular weight is 516 g/mol. The molecule has 2 aromatic rings. The number of fused-ring (bicyclic) bond motifs is 1. The van der Waals surface area contributed by atoms with Gasteiger partial charge < -0.3 is 0 Å². The summed E-state index contributed by atoms with van der Waals surface area (Å²) in [7, 11) is 0. The molecule has 0 bridgehead atoms. The van der Waals surface area contributed by atoms with Crippen LogP contribution >= 0.6 is 0 Å². The van der Waals surface area contributed by atoms with Crippen LogP contribution in [-0.4, -0.2) is 47.3 Å². The Morgan fingerprint density at radius 1 is 0.289 bits per heavy atom. The number of carbonyl (C=O) groups is 8. The van der Waals surface area contributed by atoms with Gasteiger partial charge in [-0.2, -0.15) is 0 Å². The maximum Gasteiger partial charge on any atom is 0.250 e. The molecular weight excluding hydrogens is 496 g/mol. The minimum absolute atomic E-state index is 0.329. The van der Waals surface area contributed by atoms with Gasteiger partial charge in [-0.15, -0.1) is 0 Å². The van der Waals surface area contributed by atoms with Crippen molar-refractivity contribution >= 4 is 58.0 Å². The highest BCUT2D eigenvalue weighted by Crippen LogP contribution is 2.11. The Bertz CT molecular complexity index is 1150. The van der Waals surface area contributed by atoms with Gasteiger partial charge in [0.1, 0.15) is 0 Å². The highest BCUT2D eigenvalue weighted by molar-refractivity contribution is 6.14. The maximum absolute atomic E-state index is 10.0. The molecule has 38 heavy (non-hydrogen) atoms. The van der Waals surface area contributed by atoms with Crippen LogP contribution in [-0.2, 0) is 38.4 Å². The van der Waals surface area contributed by atoms with Crippen molar-refractivity contribution in [3.8, 4) is 0 Å². The zero-order chi connectivity index (χ0) is 27.9. The molecule has 12 heteroatoms. The predicted octanol–water partition coefficient (Wildman–Crippen LogP) is -0.364. The van der Waals surface area contributed by atoms with Crippen molar-refractivity contribution in [3.05, 3.63) is 97.1 Å². The van der Waals surface area contributed by atoms with Crippen LogP contribution in [0, 0.1) is 0 Å². The molecule has 0 aliphatic carbocycles. The summed E-state index contributed by atoms with van der Waals surface area (Å²) in [5, 5.41) is 10.7. The van der Waals surface area contributed by atoms with E-state index >= 15 is 0 Å². The first-order chi connectivity index (χ1) is 18.1. The standard InChI is InChI=1S/C10H8.4C4H3NO2/c1-2-6-10-8-4-3-7-9(10)5-1;4*6-3-1-2-4(7)5-3/h1-8H;4*1-2H,(H,5,6,7). The first-order valence-electron chi connectivity index (χ1n) is 10.7. The van der Waals surface area contributed by atoms with E-state index in [-0.39, 0.29) is 47.3 Å². The quantitative estimate of drug-likeness (QED) is 0.342. The van der Waals surface area contributed by atoms with Crippen LogP contribution in [0.4, 0.5) is 0 Å². The molecule has 2 aromatic carbocycles. The molecule has 192 valence electrons. The van der Waals surface area contributed by atoms with Crippen molar-refractivity contribution in [2.24, 2.45) is 0 Å². The van der Waals surface area contributed by atoms with E-state index < -0.39 is 0 Å². The monoisotopic (exact) mass is 516 g/mol. The van der Waals surface area contributed by atoms with E-state index in [2.05, 4.69) is 48.5 Å². The number of benzene rings is 2. The van der Waals surface area contributed by atoms with Gasteiger partial charge in [-0.05, 0) is 10.8 Å². The lowest BCUT2D eigenvalue weighted by Gasteiger charge is -1.92. The number of amides is 8. The van der Waals surface area contributed by atoms with Crippen LogP contribution in [0.15, 0.2) is 97.1 Å². The van der Waals surface area contributed by atoms with Crippen LogP contribution in [0.2, 0.25) is 0 Å². The van der Waals surface area contributed by atoms with Gasteiger partial charge in [-0.3, -0.25) is 59.6 Å². The molecule has 8 amide bonds. The molecule has 4 aliphatic heterocycles. The fraction of sp³-hybridized carbons (Fsp3) is 0. The van der Waals surface area contributed by atoms with Crippen LogP contribution < -0.4 is 21.3 Å². The van der Waals surface area contributed by atoms with Crippen LogP contribution in [0.1, 0.15) is 0 Å². The first kappa shape index (κ1) is 28.5. The summed E-state index contributed by atoms with van der Waals surface area (Å²) in [4.78, 5) is 80.3. The van der Waals surface area contributed by atoms with Gasteiger partial charge in [0.25, 0.3) is 47.3 Å². The largest absolute Gasteiger partial charge is 0.289 e. The van der Waals surface area contributed by atoms with Gasteiger partial charge in [0.2, 0.25) is 0 Å². The molecule has 4 N–H and O–H groups in total. The van der Waals surface area contributed by atoms with Crippen molar-refractivity contribution in [2.75, 3.05) is 0 Å². The number of hydrogen-bond donors (Lipinski definition) is 4. The van der Waals surface area contributed by atoms with Crippen molar-refractivity contribution < 1.29 is 38.4 Å². The summed E-state index contributed by atoms with van der Waals surface area (Å²) in [5.74, 6) is -2.63. The second-order valence-electron chi connectivity index (χ2n) is 7.09. The average Bonchev–Trinajstić information content (AvgIpc) is 3.67. The lowest BCUT2D eigenvalue weighted by molar-refractivity contribution is -0.125. The number of rotatable bonds is 0. The van der Waals surface area contributed by atoms with E-state index in [9.17, 15) is 38.4 Å². The topological polar surface area (TPSA) is 185 Å². The molecule has 0 radical (unpaired) electrons. The van der Waals surface area contributed by atoms with E-state index in [1.807, 2.05) is 21.3 Å². The molecule has 0 fully saturated rings. The highest BCUT2D eigenvalue weighted by atomic mass is 16.2. The molecule has 4 aliphatic rings. The minimum atomic E-state index is -0.329. The molecule has 12 nitrogen and oxygen atoms in total. The Morgan fingerprint density at radius 3 is 0.553 bits per heavy atom. The van der Waals surface area contributed by atoms with E-state index in [0.29, 0.717) is 0 Å². The highest BCUT2D eigenvalue weighted by Gasteiger charge is 2.08. The summed E-state index contributed by atoms with van der Waals surface area (Å²) in [5.41, 5.74) is 0. The summed E-state index contributed by atoms with van der Waals surface area (Å²) in [6.07, 6.45) is 9.57. The van der Waals surface area contributed by atoms with Gasteiger partial charge in [-0.1, -0.05) is 48.5 Å². The molecular formula is C26H20N4O8. The Labute approximate surface area is 215 Å². The van der Waals surface area contributed by atoms with E-state index in [4.69, 9.17) is 0 Å². The second-order valence-corrected chi connectivity index (χ2v) is 7.09. The fourth-order valence-corrected chi connectivity index (χ4v) is 2.56. The Kier molecular flexibility index (Phi) is 10.9. The van der Waals surface area contributed by atoms with Gasteiger partial charge >= 0.3 is 0 Å². The molecule has 4 heterocycles. The first-order valence-corrected chi connectivity index (χ1v) is 10.7. The summed E-state index contributed by atoms with van der Waals surface area (Å²) in [6, 6.07) is 16.7. The van der Waals surface area contributed by atoms with Gasteiger partial charge in [0, 0.05) is 48.6 Å². The fourth-order valence-electron chi connectivity index (χ4n) is 2.56. The van der Waals surface area contributed by atoms with Crippen molar-refractivity contribution in [1.29, 1.82) is 0 Å². The third-order valence-electron chi connectivity index (χ3n) is 4.19. The third kappa shape index (κ3) is 11.1. The smallest absolute Gasteiger partial charge is 0.250 e. The molecule has 0 atom stereocenters. The zero-order valence-corrected chi connectivity index (χ0v) is 19.5. The molecule has 6 rings (SSSR count). The molecule has 0 unspecified atom stereocenters. The number of carbonyl (C=O) groups excluding carboxylic acids is 8. The lowest BCUT2D eigenvalue weighted by Crippen LogP contribution is -2.19. The molecule has 0 aromatic heterocycles. The number of imide groups is 4. The van der Waals surface area contributed by atoms with Gasteiger partial charge in [0.05, 0.1) is 0 Å². The van der Waals surface area contributed by atoms with Crippen molar-refractivity contribution in [2.45, 2.75) is 0 Å². The minimum Gasteiger partial charge on any atom is -0.289 e. The van der Waals surface area contributed by atoms with Gasteiger partial charge in [-0.25, -0.2) is 0 Å². The SMILES string of the molecule is O=C1C=CC(=O)N1.O=C1C=CC(=O)N1.O=C1C=CC(=O)N1.O=C1C=CC(=O)N1.c1ccc2ccccc2c1. The van der Waals surface area contributed by atoms with E-state index in [1.165, 1.54) is 59.4 Å². The normalized spacial score (nSPS) is 15.7. The third-order valence-corrected chi connectivity index (χ3v) is 4.19. The molecule has 0 spiro atoms. The molecule has 0 saturated heterocycles. The summed E-state index contributed by atoms with van der Waals surface area (Å²) in [6.45, 7) is 0. The van der Waals surface area contributed by atoms with E-state index in [0.717, 1.165) is 0 Å². The number of nitrogens with one attached hydrogen (secondary N) is 4. The van der Waals surface area contributed by atoms with Crippen LogP contribution in [0.5, 0.6) is 0 Å². The zero-order valence-electron chi connectivity index (χ0n) is 19.5. The lowest BCUT2D eigenvalue weighted by atomic mass is 10.1. The Morgan fingerprint density at radius 2 is 0.447 bits per heavy atom. The van der Waals surface area contributed by atoms with E-state index in [1.54, 1.807) is 0 Å². The van der Waals surface area contributed by atoms with Crippen LogP contribution in [0.3, 0.4) is 0 Å². The van der Waals surface area contributed by atoms with Crippen molar-refractivity contribution in [1.82, 2.24) is 21.3 Å². The van der Waals surface area contributed by atoms with Gasteiger partial charge in [0.15, 0.2) is 0 Å². The Balaban J connectivity index is 0.000000168. The maximum atomic E-state index is 10.0. The molecule has 0 saturated carbocycles. The predicted molar refractivity (Wildman–Crippen MR) is 133 cm³/mol. The van der Waals surface area contributed by atoms with Crippen LogP contribution in [0.25, 0.3) is 10.8 Å². The Hall–Kier alpha value is -5.78. The second kappa shape index (κ2) is 14.6. The van der Waals surface area contributed by atoms with Crippen molar-refractivity contribution in [3.63, 3.8) is 0 Å². The number of hydrogen-bond acceptors (Lipinski definition) is 8. The summed E-state index contributed by atoms with van der Waals surface area (Å²) >= 11 is 0.